The first-order valence-electron chi connectivity index (χ1n) is 7.85. The van der Waals surface area contributed by atoms with Crippen LogP contribution >= 0.6 is 11.3 Å². The Morgan fingerprint density at radius 3 is 2.56 bits per heavy atom. The summed E-state index contributed by atoms with van der Waals surface area (Å²) in [5, 5.41) is 1.22. The zero-order chi connectivity index (χ0) is 17.6. The van der Waals surface area contributed by atoms with Gasteiger partial charge in [0.1, 0.15) is 16.0 Å². The van der Waals surface area contributed by atoms with E-state index in [2.05, 4.69) is 4.98 Å². The summed E-state index contributed by atoms with van der Waals surface area (Å²) < 4.78 is 5.57. The number of hydroxylamine groups is 2. The minimum Gasteiger partial charge on any atom is -0.371 e. The molecule has 0 saturated carbocycles. The van der Waals surface area contributed by atoms with Crippen LogP contribution < -0.4 is 0 Å². The van der Waals surface area contributed by atoms with Gasteiger partial charge in [-0.1, -0.05) is 17.2 Å². The van der Waals surface area contributed by atoms with Gasteiger partial charge in [-0.2, -0.15) is 0 Å². The van der Waals surface area contributed by atoms with Crippen LogP contribution in [0.3, 0.4) is 0 Å². The van der Waals surface area contributed by atoms with E-state index < -0.39 is 17.8 Å². The number of rotatable bonds is 3. The second-order valence-electron chi connectivity index (χ2n) is 5.80. The molecule has 1 atom stereocenters. The molecule has 0 bridgehead atoms. The SMILES string of the molecule is Cc1nc(C2CCCO2)sc1C(=O)ON1C(=O)c2ccccc2C1=O. The molecule has 2 amide bonds. The normalized spacial score (nSPS) is 19.4. The minimum atomic E-state index is -0.770. The second kappa shape index (κ2) is 6.05. The topological polar surface area (TPSA) is 85.8 Å². The highest BCUT2D eigenvalue weighted by atomic mass is 32.1. The van der Waals surface area contributed by atoms with Gasteiger partial charge in [0.25, 0.3) is 11.8 Å². The first kappa shape index (κ1) is 15.9. The van der Waals surface area contributed by atoms with Crippen LogP contribution in [0.15, 0.2) is 24.3 Å². The Morgan fingerprint density at radius 1 is 1.28 bits per heavy atom. The van der Waals surface area contributed by atoms with Crippen LogP contribution in [-0.4, -0.2) is 34.4 Å². The van der Waals surface area contributed by atoms with Crippen molar-refractivity contribution in [2.24, 2.45) is 0 Å². The van der Waals surface area contributed by atoms with Gasteiger partial charge < -0.3 is 9.57 Å². The standard InChI is InChI=1S/C17H14N2O5S/c1-9-13(25-14(18-9)12-7-4-8-23-12)17(22)24-19-15(20)10-5-2-3-6-11(10)16(19)21/h2-3,5-6,12H,4,7-8H2,1H3. The Kier molecular flexibility index (Phi) is 3.85. The number of ether oxygens (including phenoxy) is 1. The lowest BCUT2D eigenvalue weighted by molar-refractivity contribution is -0.0581. The number of amides is 2. The molecule has 0 aliphatic carbocycles. The van der Waals surface area contributed by atoms with Gasteiger partial charge in [0.15, 0.2) is 0 Å². The van der Waals surface area contributed by atoms with Crippen LogP contribution in [0.5, 0.6) is 0 Å². The van der Waals surface area contributed by atoms with Crippen LogP contribution in [-0.2, 0) is 9.57 Å². The third-order valence-electron chi connectivity index (χ3n) is 4.13. The molecule has 2 aliphatic rings. The zero-order valence-electron chi connectivity index (χ0n) is 13.4. The number of imide groups is 1. The van der Waals surface area contributed by atoms with E-state index >= 15 is 0 Å². The van der Waals surface area contributed by atoms with Gasteiger partial charge in [0.2, 0.25) is 0 Å². The summed E-state index contributed by atoms with van der Waals surface area (Å²) in [7, 11) is 0. The van der Waals surface area contributed by atoms with Crippen molar-refractivity contribution in [2.75, 3.05) is 6.61 Å². The minimum absolute atomic E-state index is 0.107. The molecule has 1 aromatic carbocycles. The summed E-state index contributed by atoms with van der Waals surface area (Å²) in [4.78, 5) is 46.7. The molecule has 1 fully saturated rings. The van der Waals surface area contributed by atoms with E-state index in [1.165, 1.54) is 23.5 Å². The highest BCUT2D eigenvalue weighted by molar-refractivity contribution is 7.13. The molecule has 25 heavy (non-hydrogen) atoms. The van der Waals surface area contributed by atoms with E-state index in [-0.39, 0.29) is 22.1 Å². The van der Waals surface area contributed by atoms with Crippen molar-refractivity contribution in [3.05, 3.63) is 51.0 Å². The number of thiazole rings is 1. The summed E-state index contributed by atoms with van der Waals surface area (Å²) in [6.07, 6.45) is 1.71. The lowest BCUT2D eigenvalue weighted by atomic mass is 10.1. The Bertz CT molecular complexity index is 850. The first-order chi connectivity index (χ1) is 12.1. The Balaban J connectivity index is 1.55. The molecule has 1 unspecified atom stereocenters. The molecular formula is C17H14N2O5S. The molecule has 3 heterocycles. The number of fused-ring (bicyclic) bond motifs is 1. The van der Waals surface area contributed by atoms with Gasteiger partial charge in [0, 0.05) is 6.61 Å². The number of hydrogen-bond donors (Lipinski definition) is 0. The summed E-state index contributed by atoms with van der Waals surface area (Å²) in [6.45, 7) is 2.37. The van der Waals surface area contributed by atoms with Crippen LogP contribution in [0.4, 0.5) is 0 Å². The number of aromatic nitrogens is 1. The van der Waals surface area contributed by atoms with Gasteiger partial charge in [-0.25, -0.2) is 9.78 Å². The van der Waals surface area contributed by atoms with Crippen molar-refractivity contribution in [1.29, 1.82) is 0 Å². The highest BCUT2D eigenvalue weighted by Gasteiger charge is 2.39. The molecule has 1 saturated heterocycles. The van der Waals surface area contributed by atoms with Crippen molar-refractivity contribution in [3.8, 4) is 0 Å². The quantitative estimate of drug-likeness (QED) is 0.784. The van der Waals surface area contributed by atoms with Crippen molar-refractivity contribution >= 4 is 29.1 Å². The number of hydrogen-bond acceptors (Lipinski definition) is 7. The number of carbonyl (C=O) groups excluding carboxylic acids is 3. The summed E-state index contributed by atoms with van der Waals surface area (Å²) in [5.74, 6) is -2.06. The molecule has 0 N–H and O–H groups in total. The third kappa shape index (κ3) is 2.63. The average molecular weight is 358 g/mol. The maximum absolute atomic E-state index is 12.5. The summed E-state index contributed by atoms with van der Waals surface area (Å²) in [6, 6.07) is 6.35. The van der Waals surface area contributed by atoms with E-state index in [0.29, 0.717) is 22.4 Å². The molecule has 2 aliphatic heterocycles. The lowest BCUT2D eigenvalue weighted by Crippen LogP contribution is -2.32. The number of aryl methyl sites for hydroxylation is 1. The predicted octanol–water partition coefficient (Wildman–Crippen LogP) is 2.67. The van der Waals surface area contributed by atoms with E-state index in [0.717, 1.165) is 12.8 Å². The van der Waals surface area contributed by atoms with Crippen LogP contribution in [0, 0.1) is 6.92 Å². The van der Waals surface area contributed by atoms with Crippen molar-refractivity contribution in [2.45, 2.75) is 25.9 Å². The molecule has 4 rings (SSSR count). The molecule has 1 aromatic heterocycles. The zero-order valence-corrected chi connectivity index (χ0v) is 14.2. The number of benzene rings is 1. The molecule has 128 valence electrons. The molecular weight excluding hydrogens is 344 g/mol. The van der Waals surface area contributed by atoms with E-state index in [4.69, 9.17) is 9.57 Å². The van der Waals surface area contributed by atoms with Crippen LogP contribution in [0.25, 0.3) is 0 Å². The second-order valence-corrected chi connectivity index (χ2v) is 6.83. The Morgan fingerprint density at radius 2 is 1.96 bits per heavy atom. The largest absolute Gasteiger partial charge is 0.375 e. The van der Waals surface area contributed by atoms with Gasteiger partial charge in [-0.3, -0.25) is 9.59 Å². The maximum atomic E-state index is 12.5. The average Bonchev–Trinajstić information content (AvgIpc) is 3.31. The molecule has 8 heteroatoms. The molecule has 0 radical (unpaired) electrons. The highest BCUT2D eigenvalue weighted by Crippen LogP contribution is 2.33. The molecule has 7 nitrogen and oxygen atoms in total. The predicted molar refractivity (Wildman–Crippen MR) is 87.1 cm³/mol. The van der Waals surface area contributed by atoms with E-state index in [1.807, 2.05) is 0 Å². The van der Waals surface area contributed by atoms with Gasteiger partial charge in [-0.15, -0.1) is 11.3 Å². The molecule has 0 spiro atoms. The number of nitrogens with zero attached hydrogens (tertiary/aromatic N) is 2. The maximum Gasteiger partial charge on any atom is 0.375 e. The summed E-state index contributed by atoms with van der Waals surface area (Å²) in [5.41, 5.74) is 0.944. The van der Waals surface area contributed by atoms with E-state index in [1.54, 1.807) is 19.1 Å². The van der Waals surface area contributed by atoms with Crippen molar-refractivity contribution < 1.29 is 24.0 Å². The first-order valence-corrected chi connectivity index (χ1v) is 8.67. The van der Waals surface area contributed by atoms with Crippen molar-refractivity contribution in [3.63, 3.8) is 0 Å². The fraction of sp³-hybridized carbons (Fsp3) is 0.294. The fourth-order valence-corrected chi connectivity index (χ4v) is 3.91. The van der Waals surface area contributed by atoms with Crippen molar-refractivity contribution in [1.82, 2.24) is 10.0 Å². The van der Waals surface area contributed by atoms with Gasteiger partial charge in [0.05, 0.1) is 16.8 Å². The lowest BCUT2D eigenvalue weighted by Gasteiger charge is -2.11. The molecule has 2 aromatic rings. The van der Waals surface area contributed by atoms with Crippen LogP contribution in [0.2, 0.25) is 0 Å². The van der Waals surface area contributed by atoms with E-state index in [9.17, 15) is 14.4 Å². The summed E-state index contributed by atoms with van der Waals surface area (Å²) >= 11 is 1.17. The van der Waals surface area contributed by atoms with Gasteiger partial charge >= 0.3 is 5.97 Å². The fourth-order valence-electron chi connectivity index (χ4n) is 2.89. The Labute approximate surface area is 147 Å². The third-order valence-corrected chi connectivity index (χ3v) is 5.36. The Hall–Kier alpha value is -2.58. The smallest absolute Gasteiger partial charge is 0.371 e. The monoisotopic (exact) mass is 358 g/mol. The van der Waals surface area contributed by atoms with Gasteiger partial charge in [-0.05, 0) is 31.9 Å². The van der Waals surface area contributed by atoms with Crippen LogP contribution in [0.1, 0.15) is 60.0 Å². The number of carbonyl (C=O) groups is 3.